The van der Waals surface area contributed by atoms with E-state index >= 15 is 0 Å². The Morgan fingerprint density at radius 1 is 1.22 bits per heavy atom. The van der Waals surface area contributed by atoms with Crippen LogP contribution in [-0.4, -0.2) is 36.1 Å². The summed E-state index contributed by atoms with van der Waals surface area (Å²) < 4.78 is 27.2. The van der Waals surface area contributed by atoms with E-state index in [2.05, 4.69) is 21.7 Å². The van der Waals surface area contributed by atoms with Gasteiger partial charge in [-0.25, -0.2) is 13.8 Å². The van der Waals surface area contributed by atoms with Crippen LogP contribution < -0.4 is 4.90 Å². The van der Waals surface area contributed by atoms with Gasteiger partial charge in [0.1, 0.15) is 11.6 Å². The molecule has 2 heterocycles. The topological polar surface area (TPSA) is 19.4 Å². The summed E-state index contributed by atoms with van der Waals surface area (Å²) in [5.74, 6) is -0.972. The Morgan fingerprint density at radius 3 is 2.52 bits per heavy atom. The van der Waals surface area contributed by atoms with Crippen LogP contribution in [0.15, 0.2) is 24.4 Å². The van der Waals surface area contributed by atoms with Crippen LogP contribution in [0.5, 0.6) is 0 Å². The minimum Gasteiger partial charge on any atom is -0.346 e. The normalized spacial score (nSPS) is 17.5. The van der Waals surface area contributed by atoms with E-state index in [1.54, 1.807) is 17.4 Å². The Morgan fingerprint density at radius 2 is 1.96 bits per heavy atom. The van der Waals surface area contributed by atoms with E-state index in [4.69, 9.17) is 0 Å². The first-order valence-corrected chi connectivity index (χ1v) is 8.76. The molecular formula is C17H21F2N3S. The third-order valence-corrected chi connectivity index (χ3v) is 5.32. The van der Waals surface area contributed by atoms with Crippen molar-refractivity contribution in [2.45, 2.75) is 26.3 Å². The van der Waals surface area contributed by atoms with Gasteiger partial charge in [0.05, 0.1) is 0 Å². The molecule has 0 spiro atoms. The standard InChI is InChI=1S/C17H21F2N3S/c1-3-16(14-5-4-13(18)10-15(14)19)21-6-8-22(9-7-21)17-20-11-12(2)23-17/h4-5,10-11,16H,3,6-9H2,1-2H3. The van der Waals surface area contributed by atoms with Gasteiger partial charge in [0, 0.05) is 54.9 Å². The Hall–Kier alpha value is -1.53. The lowest BCUT2D eigenvalue weighted by Gasteiger charge is -2.39. The van der Waals surface area contributed by atoms with Crippen LogP contribution in [0.3, 0.4) is 0 Å². The number of rotatable bonds is 4. The number of hydrogen-bond acceptors (Lipinski definition) is 4. The maximum Gasteiger partial charge on any atom is 0.185 e. The van der Waals surface area contributed by atoms with Gasteiger partial charge in [-0.1, -0.05) is 13.0 Å². The molecule has 2 aromatic rings. The predicted molar refractivity (Wildman–Crippen MR) is 90.0 cm³/mol. The van der Waals surface area contributed by atoms with Crippen molar-refractivity contribution in [3.05, 3.63) is 46.5 Å². The molecule has 1 unspecified atom stereocenters. The molecule has 0 radical (unpaired) electrons. The van der Waals surface area contributed by atoms with Gasteiger partial charge < -0.3 is 4.90 Å². The van der Waals surface area contributed by atoms with Crippen molar-refractivity contribution in [3.8, 4) is 0 Å². The van der Waals surface area contributed by atoms with E-state index in [1.165, 1.54) is 10.9 Å². The molecule has 0 aliphatic carbocycles. The first-order valence-electron chi connectivity index (χ1n) is 7.95. The maximum atomic E-state index is 14.1. The number of aryl methyl sites for hydroxylation is 1. The number of thiazole rings is 1. The fourth-order valence-corrected chi connectivity index (χ4v) is 3.97. The van der Waals surface area contributed by atoms with Crippen LogP contribution in [0.1, 0.15) is 29.8 Å². The zero-order valence-corrected chi connectivity index (χ0v) is 14.2. The maximum absolute atomic E-state index is 14.1. The molecule has 124 valence electrons. The minimum atomic E-state index is -0.523. The average Bonchev–Trinajstić information content (AvgIpc) is 2.97. The number of nitrogens with zero attached hydrogens (tertiary/aromatic N) is 3. The minimum absolute atomic E-state index is 0.00391. The summed E-state index contributed by atoms with van der Waals surface area (Å²) in [6.45, 7) is 7.58. The van der Waals surface area contributed by atoms with Gasteiger partial charge in [-0.05, 0) is 19.4 Å². The first kappa shape index (κ1) is 16.3. The zero-order chi connectivity index (χ0) is 16.4. The van der Waals surface area contributed by atoms with Crippen molar-refractivity contribution in [1.29, 1.82) is 0 Å². The van der Waals surface area contributed by atoms with Gasteiger partial charge in [-0.15, -0.1) is 11.3 Å². The summed E-state index contributed by atoms with van der Waals surface area (Å²) in [6, 6.07) is 3.90. The monoisotopic (exact) mass is 337 g/mol. The summed E-state index contributed by atoms with van der Waals surface area (Å²) in [5, 5.41) is 1.06. The van der Waals surface area contributed by atoms with Gasteiger partial charge in [0.15, 0.2) is 5.13 Å². The molecule has 0 amide bonds. The van der Waals surface area contributed by atoms with Gasteiger partial charge in [0.2, 0.25) is 0 Å². The van der Waals surface area contributed by atoms with Gasteiger partial charge >= 0.3 is 0 Å². The Bertz CT molecular complexity index is 666. The summed E-state index contributed by atoms with van der Waals surface area (Å²) >= 11 is 1.70. The SMILES string of the molecule is CCC(c1ccc(F)cc1F)N1CCN(c2ncc(C)s2)CC1. The average molecular weight is 337 g/mol. The summed E-state index contributed by atoms with van der Waals surface area (Å²) in [6.07, 6.45) is 2.70. The smallest absolute Gasteiger partial charge is 0.185 e. The van der Waals surface area contributed by atoms with Crippen molar-refractivity contribution >= 4 is 16.5 Å². The Balaban J connectivity index is 1.69. The Kier molecular flexibility index (Phi) is 4.92. The molecule has 23 heavy (non-hydrogen) atoms. The molecule has 6 heteroatoms. The van der Waals surface area contributed by atoms with E-state index in [1.807, 2.05) is 13.1 Å². The molecule has 1 saturated heterocycles. The van der Waals surface area contributed by atoms with Crippen molar-refractivity contribution in [2.75, 3.05) is 31.1 Å². The van der Waals surface area contributed by atoms with E-state index in [0.29, 0.717) is 5.56 Å². The van der Waals surface area contributed by atoms with Crippen LogP contribution in [0, 0.1) is 18.6 Å². The highest BCUT2D eigenvalue weighted by molar-refractivity contribution is 7.15. The molecule has 0 saturated carbocycles. The van der Waals surface area contributed by atoms with Crippen LogP contribution in [0.2, 0.25) is 0 Å². The third kappa shape index (κ3) is 3.53. The number of piperazine rings is 1. The van der Waals surface area contributed by atoms with Crippen LogP contribution >= 0.6 is 11.3 Å². The number of halogens is 2. The molecule has 1 aromatic heterocycles. The van der Waals surface area contributed by atoms with E-state index in [0.717, 1.165) is 43.8 Å². The van der Waals surface area contributed by atoms with Crippen molar-refractivity contribution in [2.24, 2.45) is 0 Å². The lowest BCUT2D eigenvalue weighted by Crippen LogP contribution is -2.47. The highest BCUT2D eigenvalue weighted by atomic mass is 32.1. The van der Waals surface area contributed by atoms with Crippen LogP contribution in [0.25, 0.3) is 0 Å². The molecule has 1 aromatic carbocycles. The summed E-state index contributed by atoms with van der Waals surface area (Å²) in [4.78, 5) is 10.2. The zero-order valence-electron chi connectivity index (χ0n) is 13.4. The number of benzene rings is 1. The Labute approximate surface area is 139 Å². The van der Waals surface area contributed by atoms with Gasteiger partial charge in [-0.3, -0.25) is 4.90 Å². The third-order valence-electron chi connectivity index (χ3n) is 4.34. The van der Waals surface area contributed by atoms with Crippen molar-refractivity contribution < 1.29 is 8.78 Å². The second-order valence-electron chi connectivity index (χ2n) is 5.87. The molecular weight excluding hydrogens is 316 g/mol. The molecule has 3 rings (SSSR count). The summed E-state index contributed by atoms with van der Waals surface area (Å²) in [7, 11) is 0. The van der Waals surface area contributed by atoms with Crippen LogP contribution in [0.4, 0.5) is 13.9 Å². The largest absolute Gasteiger partial charge is 0.346 e. The summed E-state index contributed by atoms with van der Waals surface area (Å²) in [5.41, 5.74) is 0.590. The molecule has 1 aliphatic heterocycles. The molecule has 1 atom stereocenters. The van der Waals surface area contributed by atoms with Crippen molar-refractivity contribution in [3.63, 3.8) is 0 Å². The molecule has 1 aliphatic rings. The lowest BCUT2D eigenvalue weighted by molar-refractivity contribution is 0.177. The lowest BCUT2D eigenvalue weighted by atomic mass is 10.0. The fraction of sp³-hybridized carbons (Fsp3) is 0.471. The van der Waals surface area contributed by atoms with E-state index < -0.39 is 11.6 Å². The molecule has 3 nitrogen and oxygen atoms in total. The van der Waals surface area contributed by atoms with Gasteiger partial charge in [0.25, 0.3) is 0 Å². The number of hydrogen-bond donors (Lipinski definition) is 0. The predicted octanol–water partition coefficient (Wildman–Crippen LogP) is 4.00. The quantitative estimate of drug-likeness (QED) is 0.840. The fourth-order valence-electron chi connectivity index (χ4n) is 3.16. The molecule has 1 fully saturated rings. The highest BCUT2D eigenvalue weighted by Crippen LogP contribution is 2.29. The molecule has 0 N–H and O–H groups in total. The van der Waals surface area contributed by atoms with E-state index in [9.17, 15) is 8.78 Å². The van der Waals surface area contributed by atoms with Gasteiger partial charge in [-0.2, -0.15) is 0 Å². The van der Waals surface area contributed by atoms with Crippen molar-refractivity contribution in [1.82, 2.24) is 9.88 Å². The number of anilines is 1. The van der Waals surface area contributed by atoms with Crippen LogP contribution in [-0.2, 0) is 0 Å². The number of aromatic nitrogens is 1. The van der Waals surface area contributed by atoms with E-state index in [-0.39, 0.29) is 6.04 Å². The highest BCUT2D eigenvalue weighted by Gasteiger charge is 2.26. The molecule has 0 bridgehead atoms. The first-order chi connectivity index (χ1) is 11.1. The second-order valence-corrected chi connectivity index (χ2v) is 7.08. The second kappa shape index (κ2) is 6.93.